The maximum atomic E-state index is 5.66. The summed E-state index contributed by atoms with van der Waals surface area (Å²) in [5, 5.41) is 0. The van der Waals surface area contributed by atoms with Crippen LogP contribution in [-0.2, 0) is 0 Å². The Kier molecular flexibility index (Phi) is 1.66. The van der Waals surface area contributed by atoms with Crippen LogP contribution in [0.2, 0.25) is 0 Å². The zero-order valence-corrected chi connectivity index (χ0v) is 6.63. The van der Waals surface area contributed by atoms with Crippen LogP contribution in [-0.4, -0.2) is 9.66 Å². The number of hydrogen-bond acceptors (Lipinski definition) is 2. The molecule has 0 unspecified atom stereocenters. The van der Waals surface area contributed by atoms with Crippen molar-refractivity contribution in [2.75, 3.05) is 5.84 Å². The minimum absolute atomic E-state index is 0.450. The Labute approximate surface area is 60.8 Å². The van der Waals surface area contributed by atoms with E-state index < -0.39 is 0 Å². The predicted octanol–water partition coefficient (Wildman–Crippen LogP) is 1.03. The highest BCUT2D eigenvalue weighted by Gasteiger charge is 2.05. The first-order valence-corrected chi connectivity index (χ1v) is 3.42. The lowest BCUT2D eigenvalue weighted by Crippen LogP contribution is -2.14. The Morgan fingerprint density at radius 1 is 1.60 bits per heavy atom. The topological polar surface area (TPSA) is 43.8 Å². The first kappa shape index (κ1) is 7.12. The molecule has 10 heavy (non-hydrogen) atoms. The molecule has 0 atom stereocenters. The number of nitrogen functional groups attached to an aromatic ring is 1. The molecule has 0 saturated carbocycles. The zero-order valence-electron chi connectivity index (χ0n) is 6.63. The van der Waals surface area contributed by atoms with Crippen molar-refractivity contribution in [3.63, 3.8) is 0 Å². The maximum Gasteiger partial charge on any atom is 0.124 e. The molecule has 0 aliphatic heterocycles. The van der Waals surface area contributed by atoms with Crippen molar-refractivity contribution in [1.82, 2.24) is 9.66 Å². The second-order valence-electron chi connectivity index (χ2n) is 2.75. The molecule has 56 valence electrons. The minimum Gasteiger partial charge on any atom is -0.338 e. The molecule has 1 aromatic heterocycles. The molecule has 1 heterocycles. The smallest absolute Gasteiger partial charge is 0.124 e. The minimum atomic E-state index is 0.450. The molecular weight excluding hydrogens is 126 g/mol. The van der Waals surface area contributed by atoms with Gasteiger partial charge in [-0.3, -0.25) is 4.68 Å². The molecule has 0 bridgehead atoms. The molecular formula is C7H13N3. The lowest BCUT2D eigenvalue weighted by molar-refractivity contribution is 0.756. The molecule has 0 radical (unpaired) electrons. The molecule has 0 spiro atoms. The third-order valence-corrected chi connectivity index (χ3v) is 1.60. The maximum absolute atomic E-state index is 5.66. The van der Waals surface area contributed by atoms with Crippen molar-refractivity contribution in [1.29, 1.82) is 0 Å². The van der Waals surface area contributed by atoms with Gasteiger partial charge in [0.05, 0.1) is 11.9 Å². The van der Waals surface area contributed by atoms with Gasteiger partial charge in [-0.25, -0.2) is 4.98 Å². The molecule has 3 heteroatoms. The molecule has 1 aromatic rings. The van der Waals surface area contributed by atoms with Crippen LogP contribution in [0.4, 0.5) is 0 Å². The molecule has 2 N–H and O–H groups in total. The standard InChI is InChI=1S/C7H13N3/c1-5(2)7-4-9-6(3)10(7)8/h4-5H,8H2,1-3H3. The van der Waals surface area contributed by atoms with E-state index in [0.29, 0.717) is 5.92 Å². The van der Waals surface area contributed by atoms with Gasteiger partial charge >= 0.3 is 0 Å². The van der Waals surface area contributed by atoms with Crippen LogP contribution in [0.5, 0.6) is 0 Å². The van der Waals surface area contributed by atoms with Crippen molar-refractivity contribution >= 4 is 0 Å². The summed E-state index contributed by atoms with van der Waals surface area (Å²) >= 11 is 0. The third kappa shape index (κ3) is 0.988. The summed E-state index contributed by atoms with van der Waals surface area (Å²) in [6.45, 7) is 6.09. The number of rotatable bonds is 1. The van der Waals surface area contributed by atoms with Crippen LogP contribution in [0.1, 0.15) is 31.3 Å². The first-order valence-electron chi connectivity index (χ1n) is 3.42. The van der Waals surface area contributed by atoms with Gasteiger partial charge in [-0.2, -0.15) is 0 Å². The van der Waals surface area contributed by atoms with E-state index in [1.165, 1.54) is 0 Å². The fourth-order valence-electron chi connectivity index (χ4n) is 0.898. The number of aryl methyl sites for hydroxylation is 1. The lowest BCUT2D eigenvalue weighted by atomic mass is 10.2. The molecule has 1 rings (SSSR count). The number of hydrogen-bond donors (Lipinski definition) is 1. The zero-order chi connectivity index (χ0) is 7.72. The van der Waals surface area contributed by atoms with Crippen LogP contribution in [0.25, 0.3) is 0 Å². The second-order valence-corrected chi connectivity index (χ2v) is 2.75. The quantitative estimate of drug-likeness (QED) is 0.590. The van der Waals surface area contributed by atoms with Crippen LogP contribution < -0.4 is 5.84 Å². The van der Waals surface area contributed by atoms with Crippen molar-refractivity contribution < 1.29 is 0 Å². The molecule has 0 amide bonds. The van der Waals surface area contributed by atoms with E-state index in [9.17, 15) is 0 Å². The van der Waals surface area contributed by atoms with Gasteiger partial charge in [0.2, 0.25) is 0 Å². The highest BCUT2D eigenvalue weighted by Crippen LogP contribution is 2.12. The Bertz CT molecular complexity index is 225. The van der Waals surface area contributed by atoms with Crippen molar-refractivity contribution in [2.45, 2.75) is 26.7 Å². The van der Waals surface area contributed by atoms with Crippen molar-refractivity contribution in [3.8, 4) is 0 Å². The van der Waals surface area contributed by atoms with E-state index >= 15 is 0 Å². The Morgan fingerprint density at radius 3 is 2.40 bits per heavy atom. The van der Waals surface area contributed by atoms with Gasteiger partial charge in [-0.1, -0.05) is 13.8 Å². The van der Waals surface area contributed by atoms with Crippen LogP contribution in [0.3, 0.4) is 0 Å². The fourth-order valence-corrected chi connectivity index (χ4v) is 0.898. The first-order chi connectivity index (χ1) is 4.63. The van der Waals surface area contributed by atoms with E-state index in [0.717, 1.165) is 11.5 Å². The van der Waals surface area contributed by atoms with E-state index in [1.54, 1.807) is 4.68 Å². The number of nitrogens with zero attached hydrogens (tertiary/aromatic N) is 2. The second kappa shape index (κ2) is 2.33. The fraction of sp³-hybridized carbons (Fsp3) is 0.571. The molecule has 0 aromatic carbocycles. The van der Waals surface area contributed by atoms with Gasteiger partial charge in [-0.05, 0) is 12.8 Å². The number of aromatic nitrogens is 2. The summed E-state index contributed by atoms with van der Waals surface area (Å²) in [5.41, 5.74) is 1.08. The summed E-state index contributed by atoms with van der Waals surface area (Å²) < 4.78 is 1.63. The summed E-state index contributed by atoms with van der Waals surface area (Å²) in [7, 11) is 0. The molecule has 3 nitrogen and oxygen atoms in total. The Morgan fingerprint density at radius 2 is 2.20 bits per heavy atom. The van der Waals surface area contributed by atoms with E-state index in [4.69, 9.17) is 5.84 Å². The van der Waals surface area contributed by atoms with Gasteiger partial charge < -0.3 is 5.84 Å². The summed E-state index contributed by atoms with van der Waals surface area (Å²) in [5.74, 6) is 6.97. The van der Waals surface area contributed by atoms with Gasteiger partial charge in [0.15, 0.2) is 0 Å². The van der Waals surface area contributed by atoms with Crippen LogP contribution in [0.15, 0.2) is 6.20 Å². The van der Waals surface area contributed by atoms with E-state index in [1.807, 2.05) is 13.1 Å². The average molecular weight is 139 g/mol. The summed E-state index contributed by atoms with van der Waals surface area (Å²) in [4.78, 5) is 4.08. The van der Waals surface area contributed by atoms with Crippen LogP contribution >= 0.6 is 0 Å². The highest BCUT2D eigenvalue weighted by molar-refractivity contribution is 5.08. The normalized spacial score (nSPS) is 10.8. The van der Waals surface area contributed by atoms with Crippen LogP contribution in [0, 0.1) is 6.92 Å². The van der Waals surface area contributed by atoms with E-state index in [-0.39, 0.29) is 0 Å². The summed E-state index contributed by atoms with van der Waals surface area (Å²) in [6.07, 6.45) is 1.82. The Hall–Kier alpha value is -0.990. The van der Waals surface area contributed by atoms with Gasteiger partial charge in [0, 0.05) is 0 Å². The van der Waals surface area contributed by atoms with Gasteiger partial charge in [0.1, 0.15) is 5.82 Å². The monoisotopic (exact) mass is 139 g/mol. The number of imidazole rings is 1. The number of nitrogens with two attached hydrogens (primary N) is 1. The molecule has 0 saturated heterocycles. The summed E-state index contributed by atoms with van der Waals surface area (Å²) in [6, 6.07) is 0. The molecule has 0 fully saturated rings. The Balaban J connectivity index is 3.05. The van der Waals surface area contributed by atoms with E-state index in [2.05, 4.69) is 18.8 Å². The predicted molar refractivity (Wildman–Crippen MR) is 41.2 cm³/mol. The third-order valence-electron chi connectivity index (χ3n) is 1.60. The van der Waals surface area contributed by atoms with Crippen molar-refractivity contribution in [2.24, 2.45) is 0 Å². The average Bonchev–Trinajstić information content (AvgIpc) is 2.14. The SMILES string of the molecule is Cc1ncc(C(C)C)n1N. The largest absolute Gasteiger partial charge is 0.338 e. The van der Waals surface area contributed by atoms with Gasteiger partial charge in [0.25, 0.3) is 0 Å². The lowest BCUT2D eigenvalue weighted by Gasteiger charge is -2.05. The molecule has 0 aliphatic carbocycles. The van der Waals surface area contributed by atoms with Crippen molar-refractivity contribution in [3.05, 3.63) is 17.7 Å². The molecule has 0 aliphatic rings. The van der Waals surface area contributed by atoms with Gasteiger partial charge in [-0.15, -0.1) is 0 Å². The highest BCUT2D eigenvalue weighted by atomic mass is 15.3.